The third-order valence-electron chi connectivity index (χ3n) is 3.86. The number of hydrogen-bond acceptors (Lipinski definition) is 6. The molecule has 0 radical (unpaired) electrons. The Bertz CT molecular complexity index is 1210. The molecule has 0 saturated heterocycles. The molecule has 0 saturated carbocycles. The number of hydrogen-bond donors (Lipinski definition) is 3. The number of benzene rings is 1. The number of aromatic nitrogens is 1. The zero-order chi connectivity index (χ0) is 23.2. The maximum Gasteiger partial charge on any atom is 0.471 e. The van der Waals surface area contributed by atoms with Crippen LogP contribution in [0.4, 0.5) is 24.5 Å². The average molecular weight is 453 g/mol. The molecule has 0 aliphatic heterocycles. The number of rotatable bonds is 6. The van der Waals surface area contributed by atoms with Gasteiger partial charge >= 0.3 is 12.1 Å². The predicted octanol–water partition coefficient (Wildman–Crippen LogP) is 1.09. The first-order valence-corrected chi connectivity index (χ1v) is 9.81. The van der Waals surface area contributed by atoms with Gasteiger partial charge in [0.05, 0.1) is 0 Å². The van der Waals surface area contributed by atoms with Crippen LogP contribution in [0.2, 0.25) is 0 Å². The van der Waals surface area contributed by atoms with Crippen molar-refractivity contribution in [3.63, 3.8) is 0 Å². The van der Waals surface area contributed by atoms with Crippen molar-refractivity contribution >= 4 is 46.3 Å². The molecule has 0 aliphatic rings. The summed E-state index contributed by atoms with van der Waals surface area (Å²) in [6, 6.07) is 7.30. The number of carbonyl (C=O) groups is 2. The van der Waals surface area contributed by atoms with Crippen LogP contribution in [0.1, 0.15) is 13.8 Å². The quantitative estimate of drug-likeness (QED) is 0.606. The van der Waals surface area contributed by atoms with E-state index >= 15 is 0 Å². The van der Waals surface area contributed by atoms with E-state index in [9.17, 15) is 32.8 Å². The highest BCUT2D eigenvalue weighted by atomic mass is 32.1. The van der Waals surface area contributed by atoms with Crippen LogP contribution in [0.5, 0.6) is 0 Å². The maximum atomic E-state index is 12.6. The fourth-order valence-electron chi connectivity index (χ4n) is 2.47. The van der Waals surface area contributed by atoms with Gasteiger partial charge in [-0.3, -0.25) is 19.0 Å². The van der Waals surface area contributed by atoms with Gasteiger partial charge < -0.3 is 16.0 Å². The molecule has 1 aromatic carbocycles. The van der Waals surface area contributed by atoms with Gasteiger partial charge in [0, 0.05) is 30.7 Å². The predicted molar refractivity (Wildman–Crippen MR) is 110 cm³/mol. The molecule has 1 aromatic heterocycles. The van der Waals surface area contributed by atoms with Gasteiger partial charge in [0.15, 0.2) is 5.57 Å². The Balaban J connectivity index is 2.43. The van der Waals surface area contributed by atoms with Crippen molar-refractivity contribution < 1.29 is 22.8 Å². The van der Waals surface area contributed by atoms with Crippen LogP contribution in [-0.2, 0) is 16.1 Å². The Morgan fingerprint density at radius 3 is 2.52 bits per heavy atom. The number of halogens is 3. The first kappa shape index (κ1) is 23.7. The summed E-state index contributed by atoms with van der Waals surface area (Å²) in [5.74, 6) is -2.70. The Morgan fingerprint density at radius 2 is 1.94 bits per heavy atom. The monoisotopic (exact) mass is 453 g/mol. The molecule has 2 rings (SSSR count). The number of alkyl halides is 3. The van der Waals surface area contributed by atoms with Crippen molar-refractivity contribution in [1.82, 2.24) is 9.88 Å². The zero-order valence-corrected chi connectivity index (χ0v) is 17.3. The molecule has 0 aliphatic carbocycles. The van der Waals surface area contributed by atoms with E-state index in [1.54, 1.807) is 19.2 Å². The Hall–Kier alpha value is -3.59. The molecule has 0 bridgehead atoms. The van der Waals surface area contributed by atoms with Crippen molar-refractivity contribution in [2.24, 2.45) is 0 Å². The number of anilines is 2. The van der Waals surface area contributed by atoms with Gasteiger partial charge in [0.25, 0.3) is 11.5 Å². The molecule has 0 spiro atoms. The normalized spacial score (nSPS) is 12.7. The van der Waals surface area contributed by atoms with E-state index in [0.29, 0.717) is 12.2 Å². The highest BCUT2D eigenvalue weighted by Crippen LogP contribution is 2.20. The van der Waals surface area contributed by atoms with Crippen LogP contribution < -0.4 is 30.7 Å². The molecule has 12 heteroatoms. The van der Waals surface area contributed by atoms with E-state index in [2.05, 4.69) is 10.6 Å². The number of amides is 2. The summed E-state index contributed by atoms with van der Waals surface area (Å²) in [4.78, 5) is 35.8. The summed E-state index contributed by atoms with van der Waals surface area (Å²) in [7, 11) is 0. The summed E-state index contributed by atoms with van der Waals surface area (Å²) in [5.41, 5.74) is -0.406. The van der Waals surface area contributed by atoms with Gasteiger partial charge in [-0.15, -0.1) is 11.3 Å². The van der Waals surface area contributed by atoms with Crippen molar-refractivity contribution in [3.8, 4) is 6.07 Å². The topological polar surface area (TPSA) is 116 Å². The van der Waals surface area contributed by atoms with Crippen LogP contribution in [0, 0.1) is 11.3 Å². The molecular weight excluding hydrogens is 435 g/mol. The number of thiazole rings is 1. The van der Waals surface area contributed by atoms with Crippen molar-refractivity contribution in [1.29, 1.82) is 5.26 Å². The van der Waals surface area contributed by atoms with Gasteiger partial charge in [-0.2, -0.15) is 18.4 Å². The van der Waals surface area contributed by atoms with Gasteiger partial charge in [0.1, 0.15) is 15.3 Å². The van der Waals surface area contributed by atoms with E-state index in [1.165, 1.54) is 35.0 Å². The lowest BCUT2D eigenvalue weighted by Gasteiger charge is -2.09. The minimum absolute atomic E-state index is 0.0881. The van der Waals surface area contributed by atoms with Gasteiger partial charge in [-0.25, -0.2) is 0 Å². The molecule has 3 N–H and O–H groups in total. The minimum Gasteiger partial charge on any atom is -0.360 e. The summed E-state index contributed by atoms with van der Waals surface area (Å²) >= 11 is 0.929. The van der Waals surface area contributed by atoms with Gasteiger partial charge in [0.2, 0.25) is 0 Å². The smallest absolute Gasteiger partial charge is 0.360 e. The van der Waals surface area contributed by atoms with Crippen LogP contribution >= 0.6 is 11.3 Å². The summed E-state index contributed by atoms with van der Waals surface area (Å²) in [6.07, 6.45) is -3.70. The minimum atomic E-state index is -5.02. The summed E-state index contributed by atoms with van der Waals surface area (Å²) in [5, 5.41) is 16.4. The second kappa shape index (κ2) is 9.94. The fourth-order valence-corrected chi connectivity index (χ4v) is 3.56. The molecule has 2 amide bonds. The van der Waals surface area contributed by atoms with Gasteiger partial charge in [-0.05, 0) is 32.0 Å². The van der Waals surface area contributed by atoms with E-state index in [4.69, 9.17) is 0 Å². The van der Waals surface area contributed by atoms with Crippen LogP contribution in [0.3, 0.4) is 0 Å². The fraction of sp³-hybridized carbons (Fsp3) is 0.263. The molecule has 0 unspecified atom stereocenters. The zero-order valence-electron chi connectivity index (χ0n) is 16.5. The van der Waals surface area contributed by atoms with Gasteiger partial charge in [-0.1, -0.05) is 6.07 Å². The number of nitriles is 1. The van der Waals surface area contributed by atoms with Crippen molar-refractivity contribution in [2.75, 3.05) is 17.2 Å². The summed E-state index contributed by atoms with van der Waals surface area (Å²) in [6.45, 7) is 3.92. The molecule has 0 fully saturated rings. The van der Waals surface area contributed by atoms with Crippen molar-refractivity contribution in [2.45, 2.75) is 26.6 Å². The SMILES string of the molecule is CCNC(=O)/C(C#N)=c1\s/c(=C/Nc2cccc(NC(=O)C(F)(F)F)c2)c(=O)n1CC. The van der Waals surface area contributed by atoms with Crippen LogP contribution in [0.15, 0.2) is 29.1 Å². The largest absolute Gasteiger partial charge is 0.471 e. The lowest BCUT2D eigenvalue weighted by molar-refractivity contribution is -0.167. The maximum absolute atomic E-state index is 12.6. The Labute approximate surface area is 178 Å². The number of carbonyl (C=O) groups excluding carboxylic acids is 2. The lowest BCUT2D eigenvalue weighted by atomic mass is 10.2. The molecule has 0 atom stereocenters. The molecule has 164 valence electrons. The van der Waals surface area contributed by atoms with Crippen LogP contribution in [-0.4, -0.2) is 29.1 Å². The van der Waals surface area contributed by atoms with E-state index in [-0.39, 0.29) is 27.0 Å². The first-order chi connectivity index (χ1) is 14.6. The molecule has 1 heterocycles. The molecule has 2 aromatic rings. The highest BCUT2D eigenvalue weighted by molar-refractivity contribution is 7.07. The third kappa shape index (κ3) is 5.73. The van der Waals surface area contributed by atoms with E-state index in [1.807, 2.05) is 6.07 Å². The van der Waals surface area contributed by atoms with Crippen molar-refractivity contribution in [3.05, 3.63) is 43.8 Å². The van der Waals surface area contributed by atoms with Crippen LogP contribution in [0.25, 0.3) is 11.8 Å². The average Bonchev–Trinajstić information content (AvgIpc) is 3.02. The number of nitrogens with zero attached hydrogens (tertiary/aromatic N) is 2. The lowest BCUT2D eigenvalue weighted by Crippen LogP contribution is -2.34. The Morgan fingerprint density at radius 1 is 1.26 bits per heavy atom. The van der Waals surface area contributed by atoms with E-state index in [0.717, 1.165) is 11.3 Å². The number of nitrogens with one attached hydrogen (secondary N) is 3. The highest BCUT2D eigenvalue weighted by Gasteiger charge is 2.38. The summed E-state index contributed by atoms with van der Waals surface area (Å²) < 4.78 is 38.9. The molecule has 31 heavy (non-hydrogen) atoms. The molecule has 8 nitrogen and oxygen atoms in total. The third-order valence-corrected chi connectivity index (χ3v) is 4.99. The molecular formula is C19H18F3N5O3S. The Kier molecular flexibility index (Phi) is 7.60. The second-order valence-corrected chi connectivity index (χ2v) is 7.02. The van der Waals surface area contributed by atoms with E-state index < -0.39 is 23.5 Å². The second-order valence-electron chi connectivity index (χ2n) is 5.99. The standard InChI is InChI=1S/C19H18F3N5O3S/c1-3-24-15(28)13(9-23)17-27(4-2)16(29)14(31-17)10-25-11-6-5-7-12(8-11)26-18(30)19(20,21)22/h5-8,10,25H,3-4H2,1-2H3,(H,24,28)(H,26,30)/b14-10+,17-13-. The first-order valence-electron chi connectivity index (χ1n) is 8.99.